The van der Waals surface area contributed by atoms with Gasteiger partial charge in [0.2, 0.25) is 0 Å². The van der Waals surface area contributed by atoms with Crippen LogP contribution in [0.2, 0.25) is 0 Å². The molecule has 1 heterocycles. The molecule has 0 saturated heterocycles. The predicted octanol–water partition coefficient (Wildman–Crippen LogP) is 0.0105. The first-order valence-electron chi connectivity index (χ1n) is 5.77. The van der Waals surface area contributed by atoms with Gasteiger partial charge in [0.1, 0.15) is 5.82 Å². The van der Waals surface area contributed by atoms with Crippen molar-refractivity contribution < 1.29 is 4.79 Å². The van der Waals surface area contributed by atoms with Crippen LogP contribution in [0.1, 0.15) is 25.6 Å². The summed E-state index contributed by atoms with van der Waals surface area (Å²) in [5.74, 6) is 5.98. The number of nitrogens with two attached hydrogens (primary N) is 1. The second-order valence-corrected chi connectivity index (χ2v) is 4.18. The minimum atomic E-state index is -0.207. The number of rotatable bonds is 6. The van der Waals surface area contributed by atoms with Crippen LogP contribution in [-0.4, -0.2) is 33.4 Å². The smallest absolute Gasteiger partial charge is 0.251 e. The normalized spacial score (nSPS) is 12.8. The van der Waals surface area contributed by atoms with E-state index in [4.69, 9.17) is 5.84 Å². The molecule has 1 atom stereocenters. The van der Waals surface area contributed by atoms with Crippen LogP contribution in [0, 0.1) is 0 Å². The van der Waals surface area contributed by atoms with Gasteiger partial charge in [0, 0.05) is 19.4 Å². The molecular weight excluding hydrogens is 218 g/mol. The zero-order valence-corrected chi connectivity index (χ0v) is 10.7. The number of nitrogens with one attached hydrogen (secondary N) is 1. The number of imidazole rings is 1. The third-order valence-electron chi connectivity index (χ3n) is 2.85. The summed E-state index contributed by atoms with van der Waals surface area (Å²) < 4.78 is 1.94. The molecule has 0 radical (unpaired) electrons. The molecule has 3 N–H and O–H groups in total. The molecule has 0 aliphatic rings. The zero-order valence-electron chi connectivity index (χ0n) is 10.7. The van der Waals surface area contributed by atoms with Crippen LogP contribution < -0.4 is 11.3 Å². The van der Waals surface area contributed by atoms with Gasteiger partial charge in [-0.15, -0.1) is 0 Å². The fourth-order valence-corrected chi connectivity index (χ4v) is 1.80. The van der Waals surface area contributed by atoms with Gasteiger partial charge in [-0.3, -0.25) is 15.1 Å². The van der Waals surface area contributed by atoms with E-state index in [1.807, 2.05) is 36.7 Å². The van der Waals surface area contributed by atoms with Crippen molar-refractivity contribution in [3.05, 3.63) is 18.2 Å². The maximum atomic E-state index is 11.7. The van der Waals surface area contributed by atoms with Crippen molar-refractivity contribution >= 4 is 5.91 Å². The van der Waals surface area contributed by atoms with Crippen molar-refractivity contribution in [2.24, 2.45) is 12.9 Å². The number of amides is 1. The van der Waals surface area contributed by atoms with Gasteiger partial charge in [-0.05, 0) is 13.5 Å². The second kappa shape index (κ2) is 6.36. The number of hydrogen-bond donors (Lipinski definition) is 2. The highest BCUT2D eigenvalue weighted by molar-refractivity contribution is 5.81. The number of hydrazine groups is 1. The third-order valence-corrected chi connectivity index (χ3v) is 2.85. The number of aromatic nitrogens is 2. The second-order valence-electron chi connectivity index (χ2n) is 4.18. The molecule has 1 aromatic heterocycles. The van der Waals surface area contributed by atoms with Crippen LogP contribution in [0.3, 0.4) is 0 Å². The molecule has 0 aromatic carbocycles. The molecule has 1 rings (SSSR count). The predicted molar refractivity (Wildman–Crippen MR) is 65.7 cm³/mol. The fraction of sp³-hybridized carbons (Fsp3) is 0.636. The topological polar surface area (TPSA) is 76.2 Å². The molecule has 0 aliphatic heterocycles. The standard InChI is InChI=1S/C11H21N5O/c1-4-5-9(11(17)14-12)16(3)8-10-13-6-7-15(10)2/h6-7,9H,4-5,8,12H2,1-3H3,(H,14,17). The lowest BCUT2D eigenvalue weighted by Crippen LogP contribution is -2.47. The quantitative estimate of drug-likeness (QED) is 0.416. The Morgan fingerprint density at radius 1 is 1.71 bits per heavy atom. The van der Waals surface area contributed by atoms with E-state index in [1.54, 1.807) is 6.20 Å². The largest absolute Gasteiger partial charge is 0.337 e. The number of hydrogen-bond acceptors (Lipinski definition) is 4. The Bertz CT molecular complexity index is 362. The molecule has 0 saturated carbocycles. The van der Waals surface area contributed by atoms with E-state index in [2.05, 4.69) is 10.4 Å². The maximum absolute atomic E-state index is 11.7. The third kappa shape index (κ3) is 3.54. The lowest BCUT2D eigenvalue weighted by atomic mass is 10.1. The minimum absolute atomic E-state index is 0.149. The zero-order chi connectivity index (χ0) is 12.8. The Morgan fingerprint density at radius 3 is 2.88 bits per heavy atom. The SMILES string of the molecule is CCCC(C(=O)NN)N(C)Cc1nccn1C. The lowest BCUT2D eigenvalue weighted by Gasteiger charge is -2.25. The van der Waals surface area contributed by atoms with E-state index in [0.29, 0.717) is 6.54 Å². The highest BCUT2D eigenvalue weighted by Gasteiger charge is 2.22. The number of carbonyl (C=O) groups excluding carboxylic acids is 1. The van der Waals surface area contributed by atoms with Crippen LogP contribution >= 0.6 is 0 Å². The van der Waals surface area contributed by atoms with Crippen LogP contribution in [-0.2, 0) is 18.4 Å². The van der Waals surface area contributed by atoms with Crippen LogP contribution in [0.15, 0.2) is 12.4 Å². The molecule has 0 bridgehead atoms. The van der Waals surface area contributed by atoms with Gasteiger partial charge in [0.25, 0.3) is 5.91 Å². The van der Waals surface area contributed by atoms with Gasteiger partial charge in [-0.1, -0.05) is 13.3 Å². The summed E-state index contributed by atoms with van der Waals surface area (Å²) in [6, 6.07) is -0.207. The fourth-order valence-electron chi connectivity index (χ4n) is 1.80. The summed E-state index contributed by atoms with van der Waals surface area (Å²) >= 11 is 0. The summed E-state index contributed by atoms with van der Waals surface area (Å²) in [6.07, 6.45) is 5.36. The van der Waals surface area contributed by atoms with Gasteiger partial charge < -0.3 is 4.57 Å². The molecule has 0 aliphatic carbocycles. The Balaban J connectivity index is 2.68. The molecule has 17 heavy (non-hydrogen) atoms. The molecule has 0 fully saturated rings. The average molecular weight is 239 g/mol. The van der Waals surface area contributed by atoms with Crippen LogP contribution in [0.4, 0.5) is 0 Å². The molecule has 0 spiro atoms. The lowest BCUT2D eigenvalue weighted by molar-refractivity contribution is -0.126. The van der Waals surface area contributed by atoms with Crippen molar-refractivity contribution in [3.63, 3.8) is 0 Å². The number of nitrogens with zero attached hydrogens (tertiary/aromatic N) is 3. The first kappa shape index (κ1) is 13.7. The molecule has 6 nitrogen and oxygen atoms in total. The van der Waals surface area contributed by atoms with Gasteiger partial charge in [-0.25, -0.2) is 10.8 Å². The molecule has 1 amide bonds. The highest BCUT2D eigenvalue weighted by atomic mass is 16.2. The van der Waals surface area contributed by atoms with Gasteiger partial charge >= 0.3 is 0 Å². The first-order chi connectivity index (χ1) is 8.10. The van der Waals surface area contributed by atoms with E-state index >= 15 is 0 Å². The summed E-state index contributed by atoms with van der Waals surface area (Å²) in [4.78, 5) is 17.9. The molecule has 1 unspecified atom stereocenters. The Hall–Kier alpha value is -1.40. The molecule has 1 aromatic rings. The van der Waals surface area contributed by atoms with Gasteiger partial charge in [0.05, 0.1) is 12.6 Å². The van der Waals surface area contributed by atoms with Gasteiger partial charge in [0.15, 0.2) is 0 Å². The molecule has 96 valence electrons. The highest BCUT2D eigenvalue weighted by Crippen LogP contribution is 2.09. The van der Waals surface area contributed by atoms with E-state index in [-0.39, 0.29) is 11.9 Å². The van der Waals surface area contributed by atoms with Crippen molar-refractivity contribution in [2.75, 3.05) is 7.05 Å². The van der Waals surface area contributed by atoms with Gasteiger partial charge in [-0.2, -0.15) is 0 Å². The summed E-state index contributed by atoms with van der Waals surface area (Å²) in [5.41, 5.74) is 2.22. The monoisotopic (exact) mass is 239 g/mol. The van der Waals surface area contributed by atoms with E-state index in [0.717, 1.165) is 18.7 Å². The first-order valence-corrected chi connectivity index (χ1v) is 5.77. The number of aryl methyl sites for hydroxylation is 1. The van der Waals surface area contributed by atoms with Crippen LogP contribution in [0.5, 0.6) is 0 Å². The number of carbonyl (C=O) groups is 1. The molecular formula is C11H21N5O. The van der Waals surface area contributed by atoms with E-state index < -0.39 is 0 Å². The van der Waals surface area contributed by atoms with Crippen molar-refractivity contribution in [1.82, 2.24) is 19.9 Å². The van der Waals surface area contributed by atoms with Crippen LogP contribution in [0.25, 0.3) is 0 Å². The number of likely N-dealkylation sites (N-methyl/N-ethyl adjacent to an activating group) is 1. The van der Waals surface area contributed by atoms with Crippen molar-refractivity contribution in [3.8, 4) is 0 Å². The summed E-state index contributed by atoms with van der Waals surface area (Å²) in [6.45, 7) is 2.67. The Labute approximate surface area is 102 Å². The van der Waals surface area contributed by atoms with Crippen molar-refractivity contribution in [2.45, 2.75) is 32.4 Å². The minimum Gasteiger partial charge on any atom is -0.337 e. The maximum Gasteiger partial charge on any atom is 0.251 e. The van der Waals surface area contributed by atoms with E-state index in [9.17, 15) is 4.79 Å². The van der Waals surface area contributed by atoms with Crippen molar-refractivity contribution in [1.29, 1.82) is 0 Å². The van der Waals surface area contributed by atoms with E-state index in [1.165, 1.54) is 0 Å². The average Bonchev–Trinajstić information content (AvgIpc) is 2.71. The molecule has 6 heteroatoms. The Morgan fingerprint density at radius 2 is 2.41 bits per heavy atom. The summed E-state index contributed by atoms with van der Waals surface area (Å²) in [7, 11) is 3.85. The summed E-state index contributed by atoms with van der Waals surface area (Å²) in [5, 5.41) is 0. The Kier molecular flexibility index (Phi) is 5.11.